The highest BCUT2D eigenvalue weighted by Crippen LogP contribution is 2.08. The molecule has 1 aromatic heterocycles. The van der Waals surface area contributed by atoms with E-state index in [1.807, 2.05) is 6.20 Å². The Kier molecular flexibility index (Phi) is 7.17. The molecule has 0 aliphatic carbocycles. The van der Waals surface area contributed by atoms with Crippen LogP contribution in [0.5, 0.6) is 0 Å². The Morgan fingerprint density at radius 2 is 2.05 bits per heavy atom. The summed E-state index contributed by atoms with van der Waals surface area (Å²) >= 11 is 0. The fourth-order valence-electron chi connectivity index (χ4n) is 1.95. The van der Waals surface area contributed by atoms with E-state index in [0.717, 1.165) is 18.8 Å². The van der Waals surface area contributed by atoms with Gasteiger partial charge < -0.3 is 10.1 Å². The molecule has 0 saturated carbocycles. The number of nitrogens with zero attached hydrogens (tertiary/aromatic N) is 1. The van der Waals surface area contributed by atoms with E-state index >= 15 is 0 Å². The van der Waals surface area contributed by atoms with E-state index in [1.54, 1.807) is 0 Å². The predicted molar refractivity (Wildman–Crippen MR) is 84.6 cm³/mol. The lowest BCUT2D eigenvalue weighted by Crippen LogP contribution is -2.35. The predicted octanol–water partition coefficient (Wildman–Crippen LogP) is 3.92. The molecule has 0 fully saturated rings. The topological polar surface area (TPSA) is 34.1 Å². The average Bonchev–Trinajstić information content (AvgIpc) is 2.37. The highest BCUT2D eigenvalue weighted by Gasteiger charge is 2.08. The lowest BCUT2D eigenvalue weighted by Gasteiger charge is -2.20. The van der Waals surface area contributed by atoms with E-state index < -0.39 is 0 Å². The molecule has 114 valence electrons. The van der Waals surface area contributed by atoms with Gasteiger partial charge in [-0.05, 0) is 44.7 Å². The Morgan fingerprint density at radius 1 is 1.30 bits per heavy atom. The fourth-order valence-corrected chi connectivity index (χ4v) is 1.95. The molecule has 1 rings (SSSR count). The summed E-state index contributed by atoms with van der Waals surface area (Å²) in [6.07, 6.45) is 4.38. The highest BCUT2D eigenvalue weighted by molar-refractivity contribution is 5.13. The van der Waals surface area contributed by atoms with Crippen molar-refractivity contribution in [2.75, 3.05) is 6.61 Å². The van der Waals surface area contributed by atoms with Crippen LogP contribution in [-0.2, 0) is 17.9 Å². The van der Waals surface area contributed by atoms with Crippen molar-refractivity contribution in [2.45, 2.75) is 66.2 Å². The molecule has 0 amide bonds. The van der Waals surface area contributed by atoms with Crippen LogP contribution in [0.3, 0.4) is 0 Å². The van der Waals surface area contributed by atoms with Gasteiger partial charge in [0, 0.05) is 24.9 Å². The third-order valence-electron chi connectivity index (χ3n) is 3.14. The van der Waals surface area contributed by atoms with Gasteiger partial charge in [0.1, 0.15) is 0 Å². The van der Waals surface area contributed by atoms with Crippen molar-refractivity contribution >= 4 is 0 Å². The van der Waals surface area contributed by atoms with E-state index in [2.05, 4.69) is 57.1 Å². The number of nitrogens with one attached hydrogen (secondary N) is 1. The van der Waals surface area contributed by atoms with Gasteiger partial charge in [0.15, 0.2) is 0 Å². The van der Waals surface area contributed by atoms with E-state index in [-0.39, 0.29) is 5.54 Å². The van der Waals surface area contributed by atoms with Crippen molar-refractivity contribution in [1.29, 1.82) is 0 Å². The zero-order valence-electron chi connectivity index (χ0n) is 13.7. The second-order valence-corrected chi connectivity index (χ2v) is 6.67. The van der Waals surface area contributed by atoms with Crippen molar-refractivity contribution in [1.82, 2.24) is 10.3 Å². The van der Waals surface area contributed by atoms with E-state index in [0.29, 0.717) is 12.5 Å². The molecule has 1 N–H and O–H groups in total. The maximum Gasteiger partial charge on any atom is 0.0887 e. The Balaban J connectivity index is 2.31. The summed E-state index contributed by atoms with van der Waals surface area (Å²) in [5, 5.41) is 3.46. The largest absolute Gasteiger partial charge is 0.375 e. The van der Waals surface area contributed by atoms with Gasteiger partial charge in [0.25, 0.3) is 0 Å². The Hall–Kier alpha value is -0.930. The lowest BCUT2D eigenvalue weighted by atomic mass is 10.1. The van der Waals surface area contributed by atoms with E-state index in [4.69, 9.17) is 4.74 Å². The molecule has 3 heteroatoms. The van der Waals surface area contributed by atoms with Gasteiger partial charge in [-0.2, -0.15) is 0 Å². The van der Waals surface area contributed by atoms with E-state index in [1.165, 1.54) is 18.4 Å². The fraction of sp³-hybridized carbons (Fsp3) is 0.706. The SMILES string of the molecule is CCCC(C)COCc1ccc(CNC(C)(C)C)cn1. The van der Waals surface area contributed by atoms with Crippen molar-refractivity contribution < 1.29 is 4.74 Å². The second-order valence-electron chi connectivity index (χ2n) is 6.67. The van der Waals surface area contributed by atoms with Gasteiger partial charge in [0.2, 0.25) is 0 Å². The molecule has 1 unspecified atom stereocenters. The third-order valence-corrected chi connectivity index (χ3v) is 3.14. The number of pyridine rings is 1. The Bertz CT molecular complexity index is 368. The molecule has 1 heterocycles. The smallest absolute Gasteiger partial charge is 0.0887 e. The van der Waals surface area contributed by atoms with Crippen LogP contribution < -0.4 is 5.32 Å². The summed E-state index contributed by atoms with van der Waals surface area (Å²) in [5.41, 5.74) is 2.35. The molecule has 0 aliphatic rings. The lowest BCUT2D eigenvalue weighted by molar-refractivity contribution is 0.0872. The average molecular weight is 278 g/mol. The van der Waals surface area contributed by atoms with Crippen LogP contribution in [0, 0.1) is 5.92 Å². The first-order chi connectivity index (χ1) is 9.40. The summed E-state index contributed by atoms with van der Waals surface area (Å²) < 4.78 is 5.71. The van der Waals surface area contributed by atoms with Crippen molar-refractivity contribution in [2.24, 2.45) is 5.92 Å². The molecule has 0 aliphatic heterocycles. The molecule has 1 aromatic rings. The summed E-state index contributed by atoms with van der Waals surface area (Å²) in [5.74, 6) is 0.634. The van der Waals surface area contributed by atoms with Crippen LogP contribution in [-0.4, -0.2) is 17.1 Å². The van der Waals surface area contributed by atoms with Crippen molar-refractivity contribution in [3.8, 4) is 0 Å². The van der Waals surface area contributed by atoms with Crippen LogP contribution in [0.2, 0.25) is 0 Å². The first-order valence-corrected chi connectivity index (χ1v) is 7.67. The Morgan fingerprint density at radius 3 is 2.60 bits per heavy atom. The maximum atomic E-state index is 5.71. The molecule has 20 heavy (non-hydrogen) atoms. The zero-order valence-corrected chi connectivity index (χ0v) is 13.7. The molecule has 0 bridgehead atoms. The molecule has 3 nitrogen and oxygen atoms in total. The molecule has 0 radical (unpaired) electrons. The van der Waals surface area contributed by atoms with E-state index in [9.17, 15) is 0 Å². The minimum absolute atomic E-state index is 0.136. The van der Waals surface area contributed by atoms with Gasteiger partial charge in [-0.1, -0.05) is 26.3 Å². The first-order valence-electron chi connectivity index (χ1n) is 7.67. The minimum atomic E-state index is 0.136. The highest BCUT2D eigenvalue weighted by atomic mass is 16.5. The summed E-state index contributed by atoms with van der Waals surface area (Å²) in [6.45, 7) is 13.2. The van der Waals surface area contributed by atoms with Gasteiger partial charge in [0.05, 0.1) is 12.3 Å². The molecule has 0 saturated heterocycles. The second kappa shape index (κ2) is 8.38. The minimum Gasteiger partial charge on any atom is -0.375 e. The summed E-state index contributed by atoms with van der Waals surface area (Å²) in [6, 6.07) is 4.18. The number of aromatic nitrogens is 1. The van der Waals surface area contributed by atoms with Gasteiger partial charge in [-0.25, -0.2) is 0 Å². The maximum absolute atomic E-state index is 5.71. The molecule has 1 atom stereocenters. The van der Waals surface area contributed by atoms with Crippen LogP contribution in [0.4, 0.5) is 0 Å². The monoisotopic (exact) mass is 278 g/mol. The van der Waals surface area contributed by atoms with Crippen LogP contribution in [0.25, 0.3) is 0 Å². The van der Waals surface area contributed by atoms with Gasteiger partial charge >= 0.3 is 0 Å². The molecule has 0 spiro atoms. The quantitative estimate of drug-likeness (QED) is 0.782. The first kappa shape index (κ1) is 17.1. The van der Waals surface area contributed by atoms with Crippen molar-refractivity contribution in [3.63, 3.8) is 0 Å². The summed E-state index contributed by atoms with van der Waals surface area (Å²) in [4.78, 5) is 4.46. The zero-order chi connectivity index (χ0) is 15.0. The third kappa shape index (κ3) is 7.61. The van der Waals surface area contributed by atoms with Crippen LogP contribution >= 0.6 is 0 Å². The number of hydrogen-bond acceptors (Lipinski definition) is 3. The van der Waals surface area contributed by atoms with Crippen LogP contribution in [0.1, 0.15) is 58.7 Å². The molecule has 0 aromatic carbocycles. The molecular weight excluding hydrogens is 248 g/mol. The number of rotatable bonds is 8. The normalized spacial score (nSPS) is 13.4. The number of hydrogen-bond donors (Lipinski definition) is 1. The number of ether oxygens (including phenoxy) is 1. The Labute approximate surface area is 124 Å². The summed E-state index contributed by atoms with van der Waals surface area (Å²) in [7, 11) is 0. The van der Waals surface area contributed by atoms with Gasteiger partial charge in [-0.3, -0.25) is 4.98 Å². The van der Waals surface area contributed by atoms with Gasteiger partial charge in [-0.15, -0.1) is 0 Å². The standard InChI is InChI=1S/C17H30N2O/c1-6-7-14(2)12-20-13-16-9-8-15(10-18-16)11-19-17(3,4)5/h8-10,14,19H,6-7,11-13H2,1-5H3. The van der Waals surface area contributed by atoms with Crippen molar-refractivity contribution in [3.05, 3.63) is 29.6 Å². The molecular formula is C17H30N2O. The van der Waals surface area contributed by atoms with Crippen LogP contribution in [0.15, 0.2) is 18.3 Å².